The molecular formula is C35H50IN5O6S. The molecule has 2 amide bonds. The summed E-state index contributed by atoms with van der Waals surface area (Å²) in [5.74, 6) is -1.06. The lowest BCUT2D eigenvalue weighted by molar-refractivity contribution is -0.137. The number of hydrogen-bond donors (Lipinski definition) is 5. The number of aromatic hydroxyl groups is 1. The van der Waals surface area contributed by atoms with Gasteiger partial charge in [0.2, 0.25) is 5.91 Å². The van der Waals surface area contributed by atoms with Crippen LogP contribution in [0.25, 0.3) is 10.4 Å². The standard InChI is InChI=1S/C35H50IN5O6S/c1-2-3-4-5-6-7-8-9-10-11-12-14-19-32(30(42)18-17-21-34(45)46)48-24-23-38-33(44)20-15-13-16-22-39-35(47)27-25-28(36)29(40-41-37)26-31(27)43/h6-7,9-12,14,19,25-26,30,32,42-43H,2-5,8,13,15-18,20-24H2,1H3,(H,38,44)(H,39,47)(H,45,46)/b7-6-,10-9-,12-11+,19-14+/i36-2. The average molecular weight is 794 g/mol. The van der Waals surface area contributed by atoms with Crippen molar-refractivity contribution in [2.24, 2.45) is 5.11 Å². The molecule has 5 N–H and O–H groups in total. The molecule has 48 heavy (non-hydrogen) atoms. The van der Waals surface area contributed by atoms with Crippen LogP contribution in [0.1, 0.15) is 94.3 Å². The molecule has 1 aromatic rings. The van der Waals surface area contributed by atoms with Crippen LogP contribution in [0.2, 0.25) is 0 Å². The quantitative estimate of drug-likeness (QED) is 0.0119. The van der Waals surface area contributed by atoms with Crippen molar-refractivity contribution in [3.63, 3.8) is 0 Å². The summed E-state index contributed by atoms with van der Waals surface area (Å²) in [6.07, 6.45) is 24.3. The van der Waals surface area contributed by atoms with Gasteiger partial charge in [-0.05, 0) is 85.2 Å². The Bertz CT molecular complexity index is 1300. The van der Waals surface area contributed by atoms with Crippen molar-refractivity contribution < 1.29 is 29.7 Å². The lowest BCUT2D eigenvalue weighted by atomic mass is 10.1. The number of amides is 2. The van der Waals surface area contributed by atoms with E-state index in [9.17, 15) is 24.6 Å². The first-order chi connectivity index (χ1) is 23.2. The highest BCUT2D eigenvalue weighted by atomic mass is 125. The number of halogens is 1. The van der Waals surface area contributed by atoms with Gasteiger partial charge < -0.3 is 26.0 Å². The van der Waals surface area contributed by atoms with Gasteiger partial charge in [0.15, 0.2) is 0 Å². The first-order valence-corrected chi connectivity index (χ1v) is 18.6. The molecule has 0 saturated carbocycles. The number of hydrogen-bond acceptors (Lipinski definition) is 7. The monoisotopic (exact) mass is 793 g/mol. The van der Waals surface area contributed by atoms with Crippen LogP contribution in [0.3, 0.4) is 0 Å². The maximum atomic E-state index is 12.4. The normalized spacial score (nSPS) is 12.9. The Labute approximate surface area is 302 Å². The van der Waals surface area contributed by atoms with E-state index in [1.54, 1.807) is 0 Å². The fourth-order valence-corrected chi connectivity index (χ4v) is 6.03. The van der Waals surface area contributed by atoms with Crippen LogP contribution >= 0.6 is 34.4 Å². The minimum Gasteiger partial charge on any atom is -0.507 e. The first kappa shape index (κ1) is 42.8. The van der Waals surface area contributed by atoms with Crippen LogP contribution in [0.4, 0.5) is 5.69 Å². The number of rotatable bonds is 26. The van der Waals surface area contributed by atoms with Crippen molar-refractivity contribution >= 4 is 57.8 Å². The zero-order valence-corrected chi connectivity index (χ0v) is 30.7. The molecule has 0 fully saturated rings. The summed E-state index contributed by atoms with van der Waals surface area (Å²) in [5, 5.41) is 38.6. The van der Waals surface area contributed by atoms with Gasteiger partial charge >= 0.3 is 5.97 Å². The van der Waals surface area contributed by atoms with Gasteiger partial charge in [0.1, 0.15) is 5.75 Å². The van der Waals surface area contributed by atoms with E-state index >= 15 is 0 Å². The van der Waals surface area contributed by atoms with Gasteiger partial charge in [-0.2, -0.15) is 0 Å². The third-order valence-corrected chi connectivity index (χ3v) is 9.18. The zero-order valence-electron chi connectivity index (χ0n) is 27.7. The number of benzene rings is 1. The number of allylic oxidation sites excluding steroid dienone is 7. The Hall–Kier alpha value is -3.26. The van der Waals surface area contributed by atoms with E-state index in [2.05, 4.69) is 45.8 Å². The van der Waals surface area contributed by atoms with Gasteiger partial charge in [0.05, 0.1) is 17.4 Å². The summed E-state index contributed by atoms with van der Waals surface area (Å²) in [6, 6.07) is 2.71. The summed E-state index contributed by atoms with van der Waals surface area (Å²) >= 11 is 3.44. The number of aliphatic hydroxyl groups excluding tert-OH is 1. The molecule has 13 heteroatoms. The van der Waals surface area contributed by atoms with Gasteiger partial charge in [-0.15, -0.1) is 11.8 Å². The molecule has 264 valence electrons. The third kappa shape index (κ3) is 20.9. The molecule has 2 unspecified atom stereocenters. The number of carbonyl (C=O) groups excluding carboxylic acids is 2. The molecule has 0 saturated heterocycles. The Kier molecular flexibility index (Phi) is 24.6. The van der Waals surface area contributed by atoms with E-state index < -0.39 is 18.0 Å². The van der Waals surface area contributed by atoms with Crippen LogP contribution in [0, 0.1) is 3.57 Å². The molecule has 0 aromatic heterocycles. The fourth-order valence-electron chi connectivity index (χ4n) is 4.40. The highest BCUT2D eigenvalue weighted by Gasteiger charge is 2.17. The number of aliphatic carboxylic acids is 1. The number of carbonyl (C=O) groups is 3. The van der Waals surface area contributed by atoms with Gasteiger partial charge in [0.25, 0.3) is 5.91 Å². The van der Waals surface area contributed by atoms with E-state index in [4.69, 9.17) is 10.6 Å². The molecule has 0 radical (unpaired) electrons. The number of thioether (sulfide) groups is 1. The molecule has 2 atom stereocenters. The number of nitrogens with zero attached hydrogens (tertiary/aromatic N) is 3. The SMILES string of the molecule is CCCCC/C=C\C\C=C/C=C/C=C/C(SCCNC(=O)CCCCCNC(=O)c1cc([125I])c(N=[N+]=[N-])cc1O)C(O)CCCC(=O)O. The van der Waals surface area contributed by atoms with Crippen LogP contribution in [-0.4, -0.2) is 63.3 Å². The number of unbranched alkanes of at least 4 members (excludes halogenated alkanes) is 5. The molecule has 0 aliphatic carbocycles. The minimum absolute atomic E-state index is 0.00921. The van der Waals surface area contributed by atoms with Crippen molar-refractivity contribution in [3.8, 4) is 5.75 Å². The highest BCUT2D eigenvalue weighted by molar-refractivity contribution is 14.1. The highest BCUT2D eigenvalue weighted by Crippen LogP contribution is 2.30. The second kappa shape index (κ2) is 27.7. The second-order valence-electron chi connectivity index (χ2n) is 11.0. The number of phenols is 1. The number of nitrogens with one attached hydrogen (secondary N) is 2. The summed E-state index contributed by atoms with van der Waals surface area (Å²) in [5.41, 5.74) is 8.92. The Morgan fingerprint density at radius 2 is 1.77 bits per heavy atom. The second-order valence-corrected chi connectivity index (χ2v) is 13.5. The molecule has 0 bridgehead atoms. The van der Waals surface area contributed by atoms with Crippen molar-refractivity contribution in [3.05, 3.63) is 80.3 Å². The number of phenolic OH excluding ortho intramolecular Hbond substituents is 1. The lowest BCUT2D eigenvalue weighted by Gasteiger charge is -2.19. The van der Waals surface area contributed by atoms with Crippen LogP contribution in [0.15, 0.2) is 65.9 Å². The van der Waals surface area contributed by atoms with E-state index in [1.165, 1.54) is 43.2 Å². The van der Waals surface area contributed by atoms with Crippen molar-refractivity contribution in [2.75, 3.05) is 18.8 Å². The summed E-state index contributed by atoms with van der Waals surface area (Å²) in [6.45, 7) is 3.03. The number of carboxylic acid groups (broad SMARTS) is 1. The molecule has 1 aromatic carbocycles. The number of aliphatic hydroxyl groups is 1. The average Bonchev–Trinajstić information content (AvgIpc) is 3.05. The molecule has 0 aliphatic rings. The third-order valence-electron chi connectivity index (χ3n) is 7.02. The molecule has 11 nitrogen and oxygen atoms in total. The summed E-state index contributed by atoms with van der Waals surface area (Å²) in [7, 11) is 0. The van der Waals surface area contributed by atoms with Crippen LogP contribution in [0.5, 0.6) is 5.75 Å². The maximum absolute atomic E-state index is 12.4. The Morgan fingerprint density at radius 3 is 2.52 bits per heavy atom. The maximum Gasteiger partial charge on any atom is 0.303 e. The fraction of sp³-hybridized carbons (Fsp3) is 0.514. The van der Waals surface area contributed by atoms with Gasteiger partial charge in [-0.25, -0.2) is 0 Å². The van der Waals surface area contributed by atoms with E-state index in [0.717, 1.165) is 19.3 Å². The zero-order chi connectivity index (χ0) is 35.4. The molecule has 0 aliphatic heterocycles. The van der Waals surface area contributed by atoms with Crippen LogP contribution in [-0.2, 0) is 9.59 Å². The Morgan fingerprint density at radius 1 is 0.979 bits per heavy atom. The predicted octanol–water partition coefficient (Wildman–Crippen LogP) is 8.26. The summed E-state index contributed by atoms with van der Waals surface area (Å²) < 4.78 is 0.546. The lowest BCUT2D eigenvalue weighted by Crippen LogP contribution is -2.28. The van der Waals surface area contributed by atoms with Gasteiger partial charge in [-0.1, -0.05) is 79.9 Å². The van der Waals surface area contributed by atoms with E-state index in [1.807, 2.05) is 53.0 Å². The first-order valence-electron chi connectivity index (χ1n) is 16.5. The number of azide groups is 1. The van der Waals surface area contributed by atoms with Crippen LogP contribution < -0.4 is 10.6 Å². The van der Waals surface area contributed by atoms with E-state index in [0.29, 0.717) is 54.5 Å². The topological polar surface area (TPSA) is 185 Å². The molecule has 0 heterocycles. The number of carboxylic acids is 1. The van der Waals surface area contributed by atoms with Crippen molar-refractivity contribution in [1.29, 1.82) is 0 Å². The Balaban J connectivity index is 2.38. The minimum atomic E-state index is -0.884. The molecule has 0 spiro atoms. The van der Waals surface area contributed by atoms with E-state index in [-0.39, 0.29) is 34.6 Å². The van der Waals surface area contributed by atoms with Crippen molar-refractivity contribution in [2.45, 2.75) is 95.3 Å². The largest absolute Gasteiger partial charge is 0.507 e. The van der Waals surface area contributed by atoms with Crippen molar-refractivity contribution in [1.82, 2.24) is 10.6 Å². The smallest absolute Gasteiger partial charge is 0.303 e. The predicted molar refractivity (Wildman–Crippen MR) is 202 cm³/mol. The van der Waals surface area contributed by atoms with Gasteiger partial charge in [-0.3, -0.25) is 14.4 Å². The van der Waals surface area contributed by atoms with Gasteiger partial charge in [0, 0.05) is 45.4 Å². The summed E-state index contributed by atoms with van der Waals surface area (Å²) in [4.78, 5) is 38.3. The molecular weight excluding hydrogens is 743 g/mol. The molecule has 1 rings (SSSR count).